The van der Waals surface area contributed by atoms with E-state index in [0.717, 1.165) is 4.52 Å². The zero-order chi connectivity index (χ0) is 15.2. The summed E-state index contributed by atoms with van der Waals surface area (Å²) < 4.78 is 39.4. The molecule has 0 aliphatic carbocycles. The minimum absolute atomic E-state index is 0.0569. The lowest BCUT2D eigenvalue weighted by molar-refractivity contribution is -0.141. The van der Waals surface area contributed by atoms with Crippen LogP contribution < -0.4 is 5.56 Å². The van der Waals surface area contributed by atoms with Gasteiger partial charge >= 0.3 is 6.18 Å². The number of hydrogen-bond donors (Lipinski definition) is 1. The molecule has 0 bridgehead atoms. The van der Waals surface area contributed by atoms with Gasteiger partial charge in [-0.1, -0.05) is 0 Å². The van der Waals surface area contributed by atoms with E-state index in [1.165, 1.54) is 12.4 Å². The van der Waals surface area contributed by atoms with E-state index < -0.39 is 17.4 Å². The Balaban J connectivity index is 2.38. The van der Waals surface area contributed by atoms with Gasteiger partial charge in [0.15, 0.2) is 11.3 Å². The third-order valence-corrected chi connectivity index (χ3v) is 3.06. The van der Waals surface area contributed by atoms with Crippen molar-refractivity contribution in [2.45, 2.75) is 13.1 Å². The van der Waals surface area contributed by atoms with E-state index in [-0.39, 0.29) is 5.65 Å². The highest BCUT2D eigenvalue weighted by Crippen LogP contribution is 2.30. The van der Waals surface area contributed by atoms with Crippen LogP contribution in [0.5, 0.6) is 0 Å². The number of nitrogens with zero attached hydrogens (tertiary/aromatic N) is 3. The second kappa shape index (κ2) is 4.44. The van der Waals surface area contributed by atoms with Crippen molar-refractivity contribution in [2.75, 3.05) is 0 Å². The van der Waals surface area contributed by atoms with E-state index in [2.05, 4.69) is 15.1 Å². The summed E-state index contributed by atoms with van der Waals surface area (Å²) in [5.74, 6) is 0. The molecule has 21 heavy (non-hydrogen) atoms. The van der Waals surface area contributed by atoms with Crippen LogP contribution in [0.3, 0.4) is 0 Å². The smallest absolute Gasteiger partial charge is 0.293 e. The largest absolute Gasteiger partial charge is 0.433 e. The van der Waals surface area contributed by atoms with Gasteiger partial charge in [0, 0.05) is 29.7 Å². The Morgan fingerprint density at radius 1 is 1.24 bits per heavy atom. The highest BCUT2D eigenvalue weighted by Gasteiger charge is 2.34. The lowest BCUT2D eigenvalue weighted by Crippen LogP contribution is -2.20. The first kappa shape index (κ1) is 13.3. The predicted molar refractivity (Wildman–Crippen MR) is 68.8 cm³/mol. The molecule has 1 N–H and O–H groups in total. The molecular formula is C13H9F3N4O. The van der Waals surface area contributed by atoms with Crippen LogP contribution in [0, 0.1) is 6.92 Å². The average Bonchev–Trinajstić information content (AvgIpc) is 2.75. The fourth-order valence-corrected chi connectivity index (χ4v) is 2.16. The van der Waals surface area contributed by atoms with Gasteiger partial charge in [0.25, 0.3) is 5.56 Å². The lowest BCUT2D eigenvalue weighted by atomic mass is 10.1. The normalized spacial score (nSPS) is 12.0. The molecule has 5 nitrogen and oxygen atoms in total. The molecule has 8 heteroatoms. The predicted octanol–water partition coefficient (Wildman–Crippen LogP) is 2.41. The summed E-state index contributed by atoms with van der Waals surface area (Å²) in [6, 6.07) is 3.75. The van der Waals surface area contributed by atoms with E-state index in [1.54, 1.807) is 19.1 Å². The van der Waals surface area contributed by atoms with Crippen molar-refractivity contribution in [3.63, 3.8) is 0 Å². The Kier molecular flexibility index (Phi) is 2.82. The highest BCUT2D eigenvalue weighted by atomic mass is 19.4. The molecule has 0 radical (unpaired) electrons. The molecule has 0 aromatic carbocycles. The minimum atomic E-state index is -4.67. The maximum atomic E-state index is 12.8. The summed E-state index contributed by atoms with van der Waals surface area (Å²) in [4.78, 5) is 19.3. The molecule has 0 saturated heterocycles. The molecule has 0 atom stereocenters. The number of hydrogen-bond acceptors (Lipinski definition) is 3. The van der Waals surface area contributed by atoms with Gasteiger partial charge in [-0.3, -0.25) is 14.9 Å². The maximum Gasteiger partial charge on any atom is 0.433 e. The topological polar surface area (TPSA) is 63.0 Å². The number of aromatic amines is 1. The second-order valence-corrected chi connectivity index (χ2v) is 4.48. The Morgan fingerprint density at radius 2 is 1.90 bits per heavy atom. The van der Waals surface area contributed by atoms with E-state index in [9.17, 15) is 18.0 Å². The molecule has 0 spiro atoms. The van der Waals surface area contributed by atoms with Gasteiger partial charge in [-0.15, -0.1) is 0 Å². The number of nitrogens with one attached hydrogen (secondary N) is 1. The SMILES string of the molecule is Cc1[nH]n2c(=O)cc(C(F)(F)F)nc2c1-c1ccncc1. The van der Waals surface area contributed by atoms with Crippen molar-refractivity contribution < 1.29 is 13.2 Å². The van der Waals surface area contributed by atoms with Gasteiger partial charge in [-0.05, 0) is 24.6 Å². The van der Waals surface area contributed by atoms with Gasteiger partial charge in [0.05, 0.1) is 0 Å². The monoisotopic (exact) mass is 294 g/mol. The number of halogens is 3. The van der Waals surface area contributed by atoms with Crippen LogP contribution in [0.1, 0.15) is 11.4 Å². The van der Waals surface area contributed by atoms with Crippen molar-refractivity contribution in [3.05, 3.63) is 52.3 Å². The molecule has 3 aromatic heterocycles. The van der Waals surface area contributed by atoms with Crippen LogP contribution in [0.15, 0.2) is 35.4 Å². The summed E-state index contributed by atoms with van der Waals surface area (Å²) in [5, 5.41) is 2.73. The molecule has 3 aromatic rings. The van der Waals surface area contributed by atoms with Crippen molar-refractivity contribution >= 4 is 5.65 Å². The Morgan fingerprint density at radius 3 is 2.52 bits per heavy atom. The summed E-state index contributed by atoms with van der Waals surface area (Å²) in [5.41, 5.74) is -0.450. The summed E-state index contributed by atoms with van der Waals surface area (Å²) in [7, 11) is 0. The molecule has 0 unspecified atom stereocenters. The van der Waals surface area contributed by atoms with Gasteiger partial charge in [0.2, 0.25) is 0 Å². The molecule has 0 fully saturated rings. The third kappa shape index (κ3) is 2.18. The lowest BCUT2D eigenvalue weighted by Gasteiger charge is -2.06. The number of pyridine rings is 1. The van der Waals surface area contributed by atoms with Gasteiger partial charge in [0.1, 0.15) is 0 Å². The molecule has 0 aliphatic rings. The summed E-state index contributed by atoms with van der Waals surface area (Å²) in [6.07, 6.45) is -1.64. The molecule has 0 aliphatic heterocycles. The standard InChI is InChI=1S/C13H9F3N4O/c1-7-11(8-2-4-17-5-3-8)12-18-9(13(14,15)16)6-10(21)20(12)19-7/h2-6,19H,1H3. The molecule has 0 saturated carbocycles. The van der Waals surface area contributed by atoms with Crippen molar-refractivity contribution in [1.29, 1.82) is 0 Å². The third-order valence-electron chi connectivity index (χ3n) is 3.06. The second-order valence-electron chi connectivity index (χ2n) is 4.48. The first-order valence-electron chi connectivity index (χ1n) is 5.98. The average molecular weight is 294 g/mol. The van der Waals surface area contributed by atoms with Gasteiger partial charge < -0.3 is 0 Å². The zero-order valence-corrected chi connectivity index (χ0v) is 10.8. The Bertz CT molecular complexity index is 865. The first-order valence-corrected chi connectivity index (χ1v) is 5.98. The van der Waals surface area contributed by atoms with Crippen molar-refractivity contribution in [3.8, 4) is 11.1 Å². The van der Waals surface area contributed by atoms with Gasteiger partial charge in [-0.25, -0.2) is 9.50 Å². The van der Waals surface area contributed by atoms with E-state index >= 15 is 0 Å². The molecular weight excluding hydrogens is 285 g/mol. The van der Waals surface area contributed by atoms with E-state index in [0.29, 0.717) is 22.9 Å². The first-order chi connectivity index (χ1) is 9.88. The number of fused-ring (bicyclic) bond motifs is 1. The van der Waals surface area contributed by atoms with E-state index in [4.69, 9.17) is 0 Å². The fourth-order valence-electron chi connectivity index (χ4n) is 2.16. The molecule has 0 amide bonds. The van der Waals surface area contributed by atoms with Crippen molar-refractivity contribution in [2.24, 2.45) is 0 Å². The maximum absolute atomic E-state index is 12.8. The van der Waals surface area contributed by atoms with Crippen LogP contribution in [0.2, 0.25) is 0 Å². The van der Waals surface area contributed by atoms with Crippen LogP contribution >= 0.6 is 0 Å². The Labute approximate surface area is 116 Å². The Hall–Kier alpha value is -2.64. The molecule has 3 heterocycles. The van der Waals surface area contributed by atoms with Crippen LogP contribution in [-0.4, -0.2) is 19.6 Å². The summed E-state index contributed by atoms with van der Waals surface area (Å²) in [6.45, 7) is 1.66. The number of alkyl halides is 3. The molecule has 3 rings (SSSR count). The quantitative estimate of drug-likeness (QED) is 0.749. The number of H-pyrrole nitrogens is 1. The fraction of sp³-hybridized carbons (Fsp3) is 0.154. The van der Waals surface area contributed by atoms with Gasteiger partial charge in [-0.2, -0.15) is 13.2 Å². The van der Waals surface area contributed by atoms with Crippen LogP contribution in [0.25, 0.3) is 16.8 Å². The molecule has 108 valence electrons. The van der Waals surface area contributed by atoms with Crippen LogP contribution in [-0.2, 0) is 6.18 Å². The van der Waals surface area contributed by atoms with Crippen LogP contribution in [0.4, 0.5) is 13.2 Å². The summed E-state index contributed by atoms with van der Waals surface area (Å²) >= 11 is 0. The highest BCUT2D eigenvalue weighted by molar-refractivity contribution is 5.79. The zero-order valence-electron chi connectivity index (χ0n) is 10.8. The number of aryl methyl sites for hydroxylation is 1. The van der Waals surface area contributed by atoms with E-state index in [1.807, 2.05) is 0 Å². The minimum Gasteiger partial charge on any atom is -0.293 e. The number of rotatable bonds is 1. The number of aromatic nitrogens is 4. The van der Waals surface area contributed by atoms with Crippen molar-refractivity contribution in [1.82, 2.24) is 19.6 Å².